The minimum atomic E-state index is -0.505. The number of hydrogen-bond acceptors (Lipinski definition) is 2. The second-order valence-corrected chi connectivity index (χ2v) is 12.3. The second-order valence-electron chi connectivity index (χ2n) is 12.3. The normalized spacial score (nSPS) is 24.5. The maximum Gasteiger partial charge on any atom is 0.0576 e. The molecule has 0 aromatic heterocycles. The Morgan fingerprint density at radius 3 is 1.54 bits per heavy atom. The molecule has 1 spiro atoms. The van der Waals surface area contributed by atoms with Crippen molar-refractivity contribution >= 4 is 0 Å². The van der Waals surface area contributed by atoms with Crippen molar-refractivity contribution in [3.8, 4) is 33.4 Å². The van der Waals surface area contributed by atoms with Crippen LogP contribution in [0.1, 0.15) is 66.5 Å². The molecule has 2 N–H and O–H groups in total. The van der Waals surface area contributed by atoms with Crippen LogP contribution >= 0.6 is 0 Å². The van der Waals surface area contributed by atoms with Crippen molar-refractivity contribution in [3.63, 3.8) is 0 Å². The van der Waals surface area contributed by atoms with Crippen molar-refractivity contribution in [2.75, 3.05) is 0 Å². The quantitative estimate of drug-likeness (QED) is 0.293. The Bertz CT molecular complexity index is 1580. The molecule has 3 aliphatic carbocycles. The van der Waals surface area contributed by atoms with Gasteiger partial charge in [-0.1, -0.05) is 85.6 Å². The van der Waals surface area contributed by atoms with Gasteiger partial charge in [-0.25, -0.2) is 0 Å². The molecule has 2 nitrogen and oxygen atoms in total. The zero-order valence-corrected chi connectivity index (χ0v) is 22.1. The Kier molecular flexibility index (Phi) is 4.75. The Balaban J connectivity index is 1.39. The van der Waals surface area contributed by atoms with Gasteiger partial charge < -0.3 is 10.2 Å². The zero-order chi connectivity index (χ0) is 25.7. The standard InChI is InChI=1S/C35H34O2/c1-20-5-9-26-27-11-7-22(15-31(27)34(3,4)30(26)13-20)23-8-12-29-28-10-6-21(2)14-32(28)35(33(29)16-23)18-24(36)17-25(37)19-35/h5-16,24-25,36-37H,17-19H2,1-4H3. The van der Waals surface area contributed by atoms with E-state index in [1.165, 1.54) is 66.8 Å². The van der Waals surface area contributed by atoms with E-state index in [9.17, 15) is 10.2 Å². The van der Waals surface area contributed by atoms with Gasteiger partial charge in [0.15, 0.2) is 0 Å². The van der Waals surface area contributed by atoms with E-state index in [2.05, 4.69) is 100 Å². The summed E-state index contributed by atoms with van der Waals surface area (Å²) in [6.45, 7) is 8.97. The lowest BCUT2D eigenvalue weighted by Crippen LogP contribution is -2.41. The average Bonchev–Trinajstić information content (AvgIpc) is 3.23. The van der Waals surface area contributed by atoms with Crippen molar-refractivity contribution in [3.05, 3.63) is 106 Å². The molecule has 0 amide bonds. The first-order valence-electron chi connectivity index (χ1n) is 13.6. The number of fused-ring (bicyclic) bond motifs is 8. The predicted octanol–water partition coefficient (Wildman–Crippen LogP) is 7.45. The highest BCUT2D eigenvalue weighted by atomic mass is 16.3. The zero-order valence-electron chi connectivity index (χ0n) is 22.1. The van der Waals surface area contributed by atoms with Crippen molar-refractivity contribution in [1.29, 1.82) is 0 Å². The summed E-state index contributed by atoms with van der Waals surface area (Å²) in [5.41, 5.74) is 15.0. The summed E-state index contributed by atoms with van der Waals surface area (Å²) in [7, 11) is 0. The largest absolute Gasteiger partial charge is 0.393 e. The molecule has 2 heteroatoms. The van der Waals surface area contributed by atoms with Crippen LogP contribution in [0.3, 0.4) is 0 Å². The van der Waals surface area contributed by atoms with Crippen molar-refractivity contribution in [2.24, 2.45) is 0 Å². The average molecular weight is 487 g/mol. The smallest absolute Gasteiger partial charge is 0.0576 e. The fraction of sp³-hybridized carbons (Fsp3) is 0.314. The number of benzene rings is 4. The fourth-order valence-electron chi connectivity index (χ4n) is 7.63. The molecule has 0 heterocycles. The molecule has 2 atom stereocenters. The van der Waals surface area contributed by atoms with Crippen LogP contribution in [0.25, 0.3) is 33.4 Å². The van der Waals surface area contributed by atoms with E-state index in [0.29, 0.717) is 19.3 Å². The monoisotopic (exact) mass is 486 g/mol. The molecule has 0 saturated heterocycles. The van der Waals surface area contributed by atoms with Gasteiger partial charge in [0.25, 0.3) is 0 Å². The Hall–Kier alpha value is -3.20. The summed E-state index contributed by atoms with van der Waals surface area (Å²) in [4.78, 5) is 0. The highest BCUT2D eigenvalue weighted by Gasteiger charge is 2.48. The molecule has 1 saturated carbocycles. The Labute approximate surface area is 219 Å². The molecule has 37 heavy (non-hydrogen) atoms. The molecule has 4 aromatic carbocycles. The van der Waals surface area contributed by atoms with Crippen LogP contribution in [0.2, 0.25) is 0 Å². The molecule has 4 aromatic rings. The lowest BCUT2D eigenvalue weighted by atomic mass is 9.65. The number of hydrogen-bond donors (Lipinski definition) is 2. The minimum Gasteiger partial charge on any atom is -0.393 e. The molecule has 2 unspecified atom stereocenters. The summed E-state index contributed by atoms with van der Waals surface area (Å²) >= 11 is 0. The fourth-order valence-corrected chi connectivity index (χ4v) is 7.63. The Morgan fingerprint density at radius 2 is 0.973 bits per heavy atom. The van der Waals surface area contributed by atoms with Gasteiger partial charge in [0, 0.05) is 10.8 Å². The lowest BCUT2D eigenvalue weighted by molar-refractivity contribution is 0.0125. The number of rotatable bonds is 1. The maximum atomic E-state index is 10.8. The summed E-state index contributed by atoms with van der Waals surface area (Å²) in [6.07, 6.45) is 0.757. The number of aliphatic hydroxyl groups excluding tert-OH is 2. The topological polar surface area (TPSA) is 40.5 Å². The molecular weight excluding hydrogens is 452 g/mol. The molecule has 0 radical (unpaired) electrons. The SMILES string of the molecule is Cc1ccc2c(c1)C(C)(C)c1cc(-c3ccc4c(c3)C3(CC(O)CC(O)C3)c3cc(C)ccc3-4)ccc1-2. The van der Waals surface area contributed by atoms with Gasteiger partial charge in [-0.2, -0.15) is 0 Å². The molecule has 0 aliphatic heterocycles. The van der Waals surface area contributed by atoms with Crippen LogP contribution < -0.4 is 0 Å². The van der Waals surface area contributed by atoms with Crippen LogP contribution in [0.5, 0.6) is 0 Å². The maximum absolute atomic E-state index is 10.8. The summed E-state index contributed by atoms with van der Waals surface area (Å²) in [6, 6.07) is 27.3. The van der Waals surface area contributed by atoms with Gasteiger partial charge in [0.1, 0.15) is 0 Å². The van der Waals surface area contributed by atoms with E-state index in [0.717, 1.165) is 0 Å². The third kappa shape index (κ3) is 3.19. The van der Waals surface area contributed by atoms with Gasteiger partial charge in [-0.05, 0) is 101 Å². The van der Waals surface area contributed by atoms with E-state index in [1.807, 2.05) is 0 Å². The van der Waals surface area contributed by atoms with Crippen molar-refractivity contribution < 1.29 is 10.2 Å². The van der Waals surface area contributed by atoms with Gasteiger partial charge in [-0.15, -0.1) is 0 Å². The second kappa shape index (κ2) is 7.66. The van der Waals surface area contributed by atoms with Crippen molar-refractivity contribution in [2.45, 2.75) is 70.0 Å². The summed E-state index contributed by atoms with van der Waals surface area (Å²) in [5.74, 6) is 0. The lowest BCUT2D eigenvalue weighted by Gasteiger charge is -2.41. The predicted molar refractivity (Wildman–Crippen MR) is 151 cm³/mol. The van der Waals surface area contributed by atoms with Crippen LogP contribution in [-0.4, -0.2) is 22.4 Å². The van der Waals surface area contributed by atoms with E-state index in [1.54, 1.807) is 0 Å². The van der Waals surface area contributed by atoms with E-state index < -0.39 is 12.2 Å². The van der Waals surface area contributed by atoms with Crippen LogP contribution in [0.4, 0.5) is 0 Å². The highest BCUT2D eigenvalue weighted by molar-refractivity contribution is 5.87. The van der Waals surface area contributed by atoms with E-state index in [-0.39, 0.29) is 10.8 Å². The summed E-state index contributed by atoms with van der Waals surface area (Å²) in [5, 5.41) is 21.6. The van der Waals surface area contributed by atoms with Gasteiger partial charge in [0.2, 0.25) is 0 Å². The van der Waals surface area contributed by atoms with Gasteiger partial charge in [0.05, 0.1) is 12.2 Å². The molecule has 7 rings (SSSR count). The van der Waals surface area contributed by atoms with Crippen LogP contribution in [0.15, 0.2) is 72.8 Å². The third-order valence-corrected chi connectivity index (χ3v) is 9.39. The number of aryl methyl sites for hydroxylation is 2. The molecule has 186 valence electrons. The van der Waals surface area contributed by atoms with Gasteiger partial charge in [-0.3, -0.25) is 0 Å². The number of aliphatic hydroxyl groups is 2. The van der Waals surface area contributed by atoms with Gasteiger partial charge >= 0.3 is 0 Å². The molecule has 1 fully saturated rings. The molecule has 0 bridgehead atoms. The highest BCUT2D eigenvalue weighted by Crippen LogP contribution is 2.57. The van der Waals surface area contributed by atoms with E-state index in [4.69, 9.17) is 0 Å². The third-order valence-electron chi connectivity index (χ3n) is 9.39. The van der Waals surface area contributed by atoms with Crippen molar-refractivity contribution in [1.82, 2.24) is 0 Å². The first kappa shape index (κ1) is 23.0. The molecular formula is C35H34O2. The Morgan fingerprint density at radius 1 is 0.568 bits per heavy atom. The van der Waals surface area contributed by atoms with E-state index >= 15 is 0 Å². The first-order valence-corrected chi connectivity index (χ1v) is 13.6. The molecule has 3 aliphatic rings. The first-order chi connectivity index (χ1) is 17.7. The van der Waals surface area contributed by atoms with Crippen LogP contribution in [0, 0.1) is 13.8 Å². The van der Waals surface area contributed by atoms with Crippen LogP contribution in [-0.2, 0) is 10.8 Å². The minimum absolute atomic E-state index is 0.0456. The summed E-state index contributed by atoms with van der Waals surface area (Å²) < 4.78 is 0.